The molecular weight excluding hydrogens is 223 g/mol. The molecule has 0 saturated heterocycles. The molecule has 0 fully saturated rings. The largest absolute Gasteiger partial charge is 0.325 e. The molecule has 0 spiro atoms. The fourth-order valence-corrected chi connectivity index (χ4v) is 1.13. The van der Waals surface area contributed by atoms with Crippen molar-refractivity contribution in [2.24, 2.45) is 5.73 Å². The van der Waals surface area contributed by atoms with Gasteiger partial charge in [-0.2, -0.15) is 0 Å². The molecule has 0 aliphatic rings. The van der Waals surface area contributed by atoms with Crippen molar-refractivity contribution >= 4 is 34.8 Å². The summed E-state index contributed by atoms with van der Waals surface area (Å²) in [4.78, 5) is 11.2. The van der Waals surface area contributed by atoms with Crippen molar-refractivity contribution in [3.05, 3.63) is 28.2 Å². The SMILES string of the molecule is C[C@H](N)C(=O)Nc1ccc(Cl)c(Cl)c1. The average Bonchev–Trinajstić information content (AvgIpc) is 2.11. The Balaban J connectivity index is 2.78. The van der Waals surface area contributed by atoms with Crippen LogP contribution in [0.5, 0.6) is 0 Å². The summed E-state index contributed by atoms with van der Waals surface area (Å²) in [7, 11) is 0. The number of halogens is 2. The second-order valence-electron chi connectivity index (χ2n) is 2.91. The molecule has 1 atom stereocenters. The third-order valence-corrected chi connectivity index (χ3v) is 2.34. The van der Waals surface area contributed by atoms with Crippen molar-refractivity contribution in [1.29, 1.82) is 0 Å². The summed E-state index contributed by atoms with van der Waals surface area (Å²) in [6.07, 6.45) is 0. The third-order valence-electron chi connectivity index (χ3n) is 1.60. The number of benzene rings is 1. The van der Waals surface area contributed by atoms with Crippen molar-refractivity contribution < 1.29 is 4.79 Å². The van der Waals surface area contributed by atoms with Gasteiger partial charge in [0.05, 0.1) is 16.1 Å². The topological polar surface area (TPSA) is 55.1 Å². The van der Waals surface area contributed by atoms with Crippen molar-refractivity contribution in [2.45, 2.75) is 13.0 Å². The molecule has 0 aromatic heterocycles. The zero-order valence-electron chi connectivity index (χ0n) is 7.55. The van der Waals surface area contributed by atoms with Gasteiger partial charge >= 0.3 is 0 Å². The minimum Gasteiger partial charge on any atom is -0.325 e. The van der Waals surface area contributed by atoms with E-state index in [9.17, 15) is 4.79 Å². The van der Waals surface area contributed by atoms with Gasteiger partial charge in [0.2, 0.25) is 5.91 Å². The van der Waals surface area contributed by atoms with Crippen LogP contribution in [0, 0.1) is 0 Å². The Bertz CT molecular complexity index is 353. The Labute approximate surface area is 92.2 Å². The second-order valence-corrected chi connectivity index (χ2v) is 3.72. The van der Waals surface area contributed by atoms with Crippen LogP contribution in [0.3, 0.4) is 0 Å². The van der Waals surface area contributed by atoms with E-state index in [1.807, 2.05) is 0 Å². The van der Waals surface area contributed by atoms with E-state index >= 15 is 0 Å². The Kier molecular flexibility index (Phi) is 3.75. The number of nitrogens with one attached hydrogen (secondary N) is 1. The highest BCUT2D eigenvalue weighted by Crippen LogP contribution is 2.24. The molecule has 0 radical (unpaired) electrons. The third kappa shape index (κ3) is 2.87. The summed E-state index contributed by atoms with van der Waals surface area (Å²) in [5.41, 5.74) is 5.97. The maximum Gasteiger partial charge on any atom is 0.240 e. The Morgan fingerprint density at radius 3 is 2.57 bits per heavy atom. The van der Waals surface area contributed by atoms with E-state index in [2.05, 4.69) is 5.32 Å². The van der Waals surface area contributed by atoms with Gasteiger partial charge in [0.25, 0.3) is 0 Å². The molecule has 1 rings (SSSR count). The summed E-state index contributed by atoms with van der Waals surface area (Å²) in [6.45, 7) is 1.60. The maximum absolute atomic E-state index is 11.2. The summed E-state index contributed by atoms with van der Waals surface area (Å²) in [6, 6.07) is 4.30. The predicted octanol–water partition coefficient (Wildman–Crippen LogP) is 2.28. The van der Waals surface area contributed by atoms with Gasteiger partial charge in [0.1, 0.15) is 0 Å². The van der Waals surface area contributed by atoms with Crippen molar-refractivity contribution in [1.82, 2.24) is 0 Å². The zero-order valence-corrected chi connectivity index (χ0v) is 9.06. The molecular formula is C9H10Cl2N2O. The number of hydrogen-bond acceptors (Lipinski definition) is 2. The van der Waals surface area contributed by atoms with Crippen LogP contribution in [-0.4, -0.2) is 11.9 Å². The molecule has 0 bridgehead atoms. The van der Waals surface area contributed by atoms with E-state index < -0.39 is 6.04 Å². The highest BCUT2D eigenvalue weighted by molar-refractivity contribution is 6.42. The molecule has 0 heterocycles. The highest BCUT2D eigenvalue weighted by Gasteiger charge is 2.08. The quantitative estimate of drug-likeness (QED) is 0.823. The van der Waals surface area contributed by atoms with E-state index in [0.29, 0.717) is 15.7 Å². The van der Waals surface area contributed by atoms with Crippen LogP contribution in [0.1, 0.15) is 6.92 Å². The van der Waals surface area contributed by atoms with Crippen LogP contribution in [0.15, 0.2) is 18.2 Å². The van der Waals surface area contributed by atoms with Crippen LogP contribution in [0.25, 0.3) is 0 Å². The molecule has 0 aliphatic carbocycles. The summed E-state index contributed by atoms with van der Waals surface area (Å²) in [5, 5.41) is 3.45. The molecule has 0 unspecified atom stereocenters. The molecule has 0 saturated carbocycles. The van der Waals surface area contributed by atoms with Crippen LogP contribution in [0.4, 0.5) is 5.69 Å². The number of carbonyl (C=O) groups is 1. The lowest BCUT2D eigenvalue weighted by molar-refractivity contribution is -0.117. The number of hydrogen-bond donors (Lipinski definition) is 2. The monoisotopic (exact) mass is 232 g/mol. The fourth-order valence-electron chi connectivity index (χ4n) is 0.830. The number of rotatable bonds is 2. The van der Waals surface area contributed by atoms with Crippen molar-refractivity contribution in [3.63, 3.8) is 0 Å². The first kappa shape index (κ1) is 11.3. The van der Waals surface area contributed by atoms with Crippen molar-refractivity contribution in [3.8, 4) is 0 Å². The van der Waals surface area contributed by atoms with Gasteiger partial charge in [-0.25, -0.2) is 0 Å². The van der Waals surface area contributed by atoms with E-state index in [1.54, 1.807) is 25.1 Å². The lowest BCUT2D eigenvalue weighted by atomic mass is 10.3. The minimum absolute atomic E-state index is 0.261. The molecule has 3 nitrogen and oxygen atoms in total. The molecule has 1 amide bonds. The molecule has 1 aromatic carbocycles. The lowest BCUT2D eigenvalue weighted by Gasteiger charge is -2.08. The predicted molar refractivity (Wildman–Crippen MR) is 58.7 cm³/mol. The Morgan fingerprint density at radius 1 is 1.43 bits per heavy atom. The molecule has 5 heteroatoms. The number of carbonyl (C=O) groups excluding carboxylic acids is 1. The van der Waals surface area contributed by atoms with E-state index in [4.69, 9.17) is 28.9 Å². The van der Waals surface area contributed by atoms with E-state index in [-0.39, 0.29) is 5.91 Å². The van der Waals surface area contributed by atoms with Crippen molar-refractivity contribution in [2.75, 3.05) is 5.32 Å². The van der Waals surface area contributed by atoms with Crippen LogP contribution >= 0.6 is 23.2 Å². The van der Waals surface area contributed by atoms with Gasteiger partial charge in [0, 0.05) is 5.69 Å². The van der Waals surface area contributed by atoms with Gasteiger partial charge in [-0.3, -0.25) is 4.79 Å². The standard InChI is InChI=1S/C9H10Cl2N2O/c1-5(12)9(14)13-6-2-3-7(10)8(11)4-6/h2-5H,12H2,1H3,(H,13,14)/t5-/m0/s1. The van der Waals surface area contributed by atoms with Gasteiger partial charge in [-0.15, -0.1) is 0 Å². The van der Waals surface area contributed by atoms with Crippen LogP contribution in [0.2, 0.25) is 10.0 Å². The molecule has 3 N–H and O–H groups in total. The maximum atomic E-state index is 11.2. The van der Waals surface area contributed by atoms with Crippen LogP contribution in [-0.2, 0) is 4.79 Å². The summed E-state index contributed by atoms with van der Waals surface area (Å²) >= 11 is 11.5. The Morgan fingerprint density at radius 2 is 2.07 bits per heavy atom. The summed E-state index contributed by atoms with van der Waals surface area (Å²) in [5.74, 6) is -0.261. The van der Waals surface area contributed by atoms with Crippen LogP contribution < -0.4 is 11.1 Å². The highest BCUT2D eigenvalue weighted by atomic mass is 35.5. The summed E-state index contributed by atoms with van der Waals surface area (Å²) < 4.78 is 0. The minimum atomic E-state index is -0.551. The first-order valence-corrected chi connectivity index (χ1v) is 4.78. The van der Waals surface area contributed by atoms with Gasteiger partial charge in [-0.05, 0) is 25.1 Å². The van der Waals surface area contributed by atoms with Gasteiger partial charge in [0.15, 0.2) is 0 Å². The second kappa shape index (κ2) is 4.64. The fraction of sp³-hybridized carbons (Fsp3) is 0.222. The normalized spacial score (nSPS) is 12.3. The molecule has 14 heavy (non-hydrogen) atoms. The Hall–Kier alpha value is -0.770. The molecule has 0 aliphatic heterocycles. The molecule has 76 valence electrons. The van der Waals surface area contributed by atoms with Gasteiger partial charge < -0.3 is 11.1 Å². The zero-order chi connectivity index (χ0) is 10.7. The first-order chi connectivity index (χ1) is 6.50. The smallest absolute Gasteiger partial charge is 0.240 e. The van der Waals surface area contributed by atoms with E-state index in [1.165, 1.54) is 0 Å². The average molecular weight is 233 g/mol. The number of anilines is 1. The number of nitrogens with two attached hydrogens (primary N) is 1. The van der Waals surface area contributed by atoms with E-state index in [0.717, 1.165) is 0 Å². The lowest BCUT2D eigenvalue weighted by Crippen LogP contribution is -2.32. The van der Waals surface area contributed by atoms with Gasteiger partial charge in [-0.1, -0.05) is 23.2 Å². The number of amides is 1. The molecule has 1 aromatic rings. The first-order valence-electron chi connectivity index (χ1n) is 4.02.